The Hall–Kier alpha value is -2.24. The van der Waals surface area contributed by atoms with Crippen molar-refractivity contribution in [3.63, 3.8) is 0 Å². The summed E-state index contributed by atoms with van der Waals surface area (Å²) < 4.78 is 0. The highest BCUT2D eigenvalue weighted by Crippen LogP contribution is 2.12. The molecule has 0 spiro atoms. The molecule has 0 saturated carbocycles. The van der Waals surface area contributed by atoms with Gasteiger partial charge >= 0.3 is 0 Å². The van der Waals surface area contributed by atoms with E-state index in [9.17, 15) is 9.90 Å². The van der Waals surface area contributed by atoms with Gasteiger partial charge < -0.3 is 20.6 Å². The Kier molecular flexibility index (Phi) is 6.26. The van der Waals surface area contributed by atoms with Gasteiger partial charge in [-0.1, -0.05) is 19.1 Å². The summed E-state index contributed by atoms with van der Waals surface area (Å²) in [6.45, 7) is 6.71. The van der Waals surface area contributed by atoms with Gasteiger partial charge in [0, 0.05) is 32.1 Å². The molecular formula is C17H26N4O2. The van der Waals surface area contributed by atoms with Gasteiger partial charge in [0.1, 0.15) is 5.75 Å². The predicted molar refractivity (Wildman–Crippen MR) is 91.3 cm³/mol. The first kappa shape index (κ1) is 17.1. The van der Waals surface area contributed by atoms with Crippen LogP contribution in [0.5, 0.6) is 5.75 Å². The molecule has 1 aliphatic rings. The highest BCUT2D eigenvalue weighted by atomic mass is 16.3. The topological polar surface area (TPSA) is 77.0 Å². The summed E-state index contributed by atoms with van der Waals surface area (Å²) >= 11 is 0. The van der Waals surface area contributed by atoms with E-state index in [2.05, 4.69) is 15.6 Å². The van der Waals surface area contributed by atoms with Crippen LogP contribution < -0.4 is 10.6 Å². The van der Waals surface area contributed by atoms with Crippen molar-refractivity contribution < 1.29 is 9.90 Å². The summed E-state index contributed by atoms with van der Waals surface area (Å²) in [6, 6.07) is 7.33. The first-order valence-electron chi connectivity index (χ1n) is 8.23. The summed E-state index contributed by atoms with van der Waals surface area (Å²) in [5.74, 6) is 1.20. The molecular weight excluding hydrogens is 292 g/mol. The van der Waals surface area contributed by atoms with Gasteiger partial charge in [0.15, 0.2) is 5.96 Å². The number of phenols is 1. The molecule has 126 valence electrons. The quantitative estimate of drug-likeness (QED) is 0.567. The van der Waals surface area contributed by atoms with Crippen LogP contribution in [-0.4, -0.2) is 47.5 Å². The normalized spacial score (nSPS) is 18.1. The third-order valence-electron chi connectivity index (χ3n) is 3.86. The number of aromatic hydroxyl groups is 1. The molecule has 1 saturated heterocycles. The number of carbonyl (C=O) groups excluding carboxylic acids is 1. The molecule has 1 amide bonds. The molecule has 6 heteroatoms. The average molecular weight is 318 g/mol. The number of nitrogens with one attached hydrogen (secondary N) is 2. The standard InChI is InChI=1S/C17H26N4O2/c1-3-16(23)21-9-8-14(12-21)20-17(18-4-2)19-11-13-6-5-7-15(22)10-13/h5-7,10,14,22H,3-4,8-9,11-12H2,1-2H3,(H2,18,19,20). The number of carbonyl (C=O) groups is 1. The number of phenolic OH excluding ortho intramolecular Hbond substituents is 1. The van der Waals surface area contributed by atoms with Crippen LogP contribution in [0, 0.1) is 0 Å². The van der Waals surface area contributed by atoms with Crippen molar-refractivity contribution in [2.24, 2.45) is 4.99 Å². The van der Waals surface area contributed by atoms with E-state index in [-0.39, 0.29) is 17.7 Å². The van der Waals surface area contributed by atoms with E-state index in [0.717, 1.165) is 37.6 Å². The SMILES string of the molecule is CCNC(=NCc1cccc(O)c1)NC1CCN(C(=O)CC)C1. The van der Waals surface area contributed by atoms with E-state index in [0.29, 0.717) is 13.0 Å². The lowest BCUT2D eigenvalue weighted by atomic mass is 10.2. The number of rotatable bonds is 5. The third-order valence-corrected chi connectivity index (χ3v) is 3.86. The highest BCUT2D eigenvalue weighted by molar-refractivity contribution is 5.80. The summed E-state index contributed by atoms with van der Waals surface area (Å²) in [7, 11) is 0. The zero-order valence-corrected chi connectivity index (χ0v) is 13.9. The van der Waals surface area contributed by atoms with E-state index in [4.69, 9.17) is 0 Å². The lowest BCUT2D eigenvalue weighted by Crippen LogP contribution is -2.45. The molecule has 3 N–H and O–H groups in total. The van der Waals surface area contributed by atoms with Gasteiger partial charge in [-0.05, 0) is 31.0 Å². The fraction of sp³-hybridized carbons (Fsp3) is 0.529. The van der Waals surface area contributed by atoms with Crippen LogP contribution in [0.25, 0.3) is 0 Å². The number of benzene rings is 1. The molecule has 2 rings (SSSR count). The first-order valence-corrected chi connectivity index (χ1v) is 8.23. The van der Waals surface area contributed by atoms with Crippen molar-refractivity contribution >= 4 is 11.9 Å². The molecule has 1 aromatic rings. The predicted octanol–water partition coefficient (Wildman–Crippen LogP) is 1.46. The zero-order valence-electron chi connectivity index (χ0n) is 13.9. The number of guanidine groups is 1. The van der Waals surface area contributed by atoms with Gasteiger partial charge in [0.05, 0.1) is 6.54 Å². The van der Waals surface area contributed by atoms with E-state index in [1.807, 2.05) is 30.9 Å². The zero-order chi connectivity index (χ0) is 16.7. The number of nitrogens with zero attached hydrogens (tertiary/aromatic N) is 2. The average Bonchev–Trinajstić information content (AvgIpc) is 3.01. The van der Waals surface area contributed by atoms with Crippen molar-refractivity contribution in [3.8, 4) is 5.75 Å². The molecule has 0 bridgehead atoms. The second kappa shape index (κ2) is 8.41. The molecule has 1 fully saturated rings. The van der Waals surface area contributed by atoms with Gasteiger partial charge in [-0.2, -0.15) is 0 Å². The third kappa shape index (κ3) is 5.16. The van der Waals surface area contributed by atoms with Gasteiger partial charge in [-0.25, -0.2) is 4.99 Å². The Morgan fingerprint density at radius 3 is 2.96 bits per heavy atom. The Morgan fingerprint density at radius 1 is 1.43 bits per heavy atom. The molecule has 0 aliphatic carbocycles. The summed E-state index contributed by atoms with van der Waals surface area (Å²) in [5, 5.41) is 16.1. The summed E-state index contributed by atoms with van der Waals surface area (Å²) in [5.41, 5.74) is 0.955. The Balaban J connectivity index is 1.93. The maximum Gasteiger partial charge on any atom is 0.222 e. The monoisotopic (exact) mass is 318 g/mol. The highest BCUT2D eigenvalue weighted by Gasteiger charge is 2.25. The van der Waals surface area contributed by atoms with Crippen LogP contribution in [0.4, 0.5) is 0 Å². The van der Waals surface area contributed by atoms with E-state index in [1.165, 1.54) is 0 Å². The number of aliphatic imine (C=N–C) groups is 1. The van der Waals surface area contributed by atoms with Crippen molar-refractivity contribution in [1.29, 1.82) is 0 Å². The minimum atomic E-state index is 0.205. The number of hydrogen-bond donors (Lipinski definition) is 3. The van der Waals surface area contributed by atoms with E-state index < -0.39 is 0 Å². The molecule has 0 radical (unpaired) electrons. The lowest BCUT2D eigenvalue weighted by molar-refractivity contribution is -0.129. The van der Waals surface area contributed by atoms with Gasteiger partial charge in [-0.3, -0.25) is 4.79 Å². The Labute approximate surface area is 137 Å². The Bertz CT molecular complexity index is 559. The van der Waals surface area contributed by atoms with Crippen molar-refractivity contribution in [3.05, 3.63) is 29.8 Å². The molecule has 1 aromatic carbocycles. The second-order valence-corrected chi connectivity index (χ2v) is 5.69. The number of hydrogen-bond acceptors (Lipinski definition) is 3. The van der Waals surface area contributed by atoms with Gasteiger partial charge in [-0.15, -0.1) is 0 Å². The van der Waals surface area contributed by atoms with Crippen LogP contribution in [0.2, 0.25) is 0 Å². The number of amides is 1. The molecule has 1 unspecified atom stereocenters. The fourth-order valence-electron chi connectivity index (χ4n) is 2.67. The minimum Gasteiger partial charge on any atom is -0.508 e. The fourth-order valence-corrected chi connectivity index (χ4v) is 2.67. The largest absolute Gasteiger partial charge is 0.508 e. The summed E-state index contributed by atoms with van der Waals surface area (Å²) in [6.07, 6.45) is 1.49. The maximum atomic E-state index is 11.7. The molecule has 1 heterocycles. The number of likely N-dealkylation sites (tertiary alicyclic amines) is 1. The molecule has 23 heavy (non-hydrogen) atoms. The van der Waals surface area contributed by atoms with Crippen LogP contribution in [0.15, 0.2) is 29.3 Å². The first-order chi connectivity index (χ1) is 11.1. The molecule has 1 atom stereocenters. The molecule has 0 aromatic heterocycles. The smallest absolute Gasteiger partial charge is 0.222 e. The van der Waals surface area contributed by atoms with Crippen LogP contribution in [0.3, 0.4) is 0 Å². The maximum absolute atomic E-state index is 11.7. The summed E-state index contributed by atoms with van der Waals surface area (Å²) in [4.78, 5) is 18.2. The van der Waals surface area contributed by atoms with Crippen LogP contribution in [-0.2, 0) is 11.3 Å². The van der Waals surface area contributed by atoms with Gasteiger partial charge in [0.2, 0.25) is 5.91 Å². The van der Waals surface area contributed by atoms with E-state index in [1.54, 1.807) is 12.1 Å². The van der Waals surface area contributed by atoms with Crippen molar-refractivity contribution in [1.82, 2.24) is 15.5 Å². The lowest BCUT2D eigenvalue weighted by Gasteiger charge is -2.18. The Morgan fingerprint density at radius 2 is 2.26 bits per heavy atom. The molecule has 6 nitrogen and oxygen atoms in total. The molecule has 1 aliphatic heterocycles. The minimum absolute atomic E-state index is 0.205. The van der Waals surface area contributed by atoms with Crippen LogP contribution >= 0.6 is 0 Å². The van der Waals surface area contributed by atoms with Crippen molar-refractivity contribution in [2.45, 2.75) is 39.3 Å². The second-order valence-electron chi connectivity index (χ2n) is 5.69. The van der Waals surface area contributed by atoms with Crippen molar-refractivity contribution in [2.75, 3.05) is 19.6 Å². The van der Waals surface area contributed by atoms with Gasteiger partial charge in [0.25, 0.3) is 0 Å². The van der Waals surface area contributed by atoms with E-state index >= 15 is 0 Å². The van der Waals surface area contributed by atoms with Crippen LogP contribution in [0.1, 0.15) is 32.3 Å².